The summed E-state index contributed by atoms with van der Waals surface area (Å²) >= 11 is 0. The van der Waals surface area contributed by atoms with E-state index >= 15 is 0 Å². The summed E-state index contributed by atoms with van der Waals surface area (Å²) in [5, 5.41) is 0. The Labute approximate surface area is 497 Å². The van der Waals surface area contributed by atoms with Gasteiger partial charge in [-0.05, 0) is 116 Å². The Kier molecular flexibility index (Phi) is 65.7. The van der Waals surface area contributed by atoms with Gasteiger partial charge in [-0.1, -0.05) is 299 Å². The summed E-state index contributed by atoms with van der Waals surface area (Å²) < 4.78 is 17.0. The van der Waals surface area contributed by atoms with E-state index in [-0.39, 0.29) is 31.1 Å². The Hall–Kier alpha value is -3.15. The maximum atomic E-state index is 12.9. The summed E-state index contributed by atoms with van der Waals surface area (Å²) in [5.74, 6) is -0.878. The number of unbranched alkanes of at least 4 members (excludes halogenated alkanes) is 41. The molecule has 0 aromatic heterocycles. The van der Waals surface area contributed by atoms with Gasteiger partial charge in [0.15, 0.2) is 6.10 Å². The topological polar surface area (TPSA) is 78.9 Å². The molecule has 0 aliphatic carbocycles. The first-order valence-electron chi connectivity index (χ1n) is 34.9. The Morgan fingerprint density at radius 3 is 0.725 bits per heavy atom. The Morgan fingerprint density at radius 2 is 0.450 bits per heavy atom. The van der Waals surface area contributed by atoms with E-state index in [0.717, 1.165) is 89.9 Å². The third kappa shape index (κ3) is 65.7. The van der Waals surface area contributed by atoms with Crippen LogP contribution in [0.25, 0.3) is 0 Å². The highest BCUT2D eigenvalue weighted by molar-refractivity contribution is 5.71. The van der Waals surface area contributed by atoms with Gasteiger partial charge in [-0.2, -0.15) is 0 Å². The van der Waals surface area contributed by atoms with Crippen molar-refractivity contribution in [2.75, 3.05) is 13.2 Å². The molecule has 0 spiro atoms. The maximum absolute atomic E-state index is 12.9. The fraction of sp³-hybridized carbons (Fsp3) is 0.797. The lowest BCUT2D eigenvalue weighted by atomic mass is 10.0. The van der Waals surface area contributed by atoms with E-state index in [0.29, 0.717) is 19.3 Å². The highest BCUT2D eigenvalue weighted by atomic mass is 16.6. The van der Waals surface area contributed by atoms with Gasteiger partial charge < -0.3 is 14.2 Å². The van der Waals surface area contributed by atoms with E-state index in [4.69, 9.17) is 14.2 Å². The molecule has 1 unspecified atom stereocenters. The predicted molar refractivity (Wildman–Crippen MR) is 348 cm³/mol. The molecule has 0 bridgehead atoms. The molecule has 0 saturated heterocycles. The zero-order chi connectivity index (χ0) is 57.8. The van der Waals surface area contributed by atoms with Crippen LogP contribution in [0.1, 0.15) is 361 Å². The van der Waals surface area contributed by atoms with E-state index in [1.165, 1.54) is 231 Å². The normalized spacial score (nSPS) is 12.5. The van der Waals surface area contributed by atoms with Gasteiger partial charge in [0.1, 0.15) is 13.2 Å². The van der Waals surface area contributed by atoms with Gasteiger partial charge in [0.05, 0.1) is 0 Å². The molecule has 0 rings (SSSR count). The average Bonchev–Trinajstić information content (AvgIpc) is 3.46. The number of ether oxygens (including phenoxy) is 3. The number of esters is 3. The van der Waals surface area contributed by atoms with E-state index < -0.39 is 6.10 Å². The van der Waals surface area contributed by atoms with Crippen molar-refractivity contribution in [1.82, 2.24) is 0 Å². The van der Waals surface area contributed by atoms with Crippen LogP contribution >= 0.6 is 0 Å². The Morgan fingerprint density at radius 1 is 0.250 bits per heavy atom. The minimum absolute atomic E-state index is 0.0792. The maximum Gasteiger partial charge on any atom is 0.306 e. The van der Waals surface area contributed by atoms with E-state index in [9.17, 15) is 14.4 Å². The van der Waals surface area contributed by atoms with Crippen LogP contribution in [0.5, 0.6) is 0 Å². The molecule has 0 aliphatic rings. The van der Waals surface area contributed by atoms with Crippen LogP contribution in [0, 0.1) is 0 Å². The molecule has 6 nitrogen and oxygen atoms in total. The van der Waals surface area contributed by atoms with Crippen molar-refractivity contribution in [2.24, 2.45) is 0 Å². The second-order valence-corrected chi connectivity index (χ2v) is 23.4. The molecule has 0 aromatic rings. The van der Waals surface area contributed by atoms with Crippen LogP contribution in [-0.2, 0) is 28.6 Å². The third-order valence-corrected chi connectivity index (χ3v) is 15.4. The van der Waals surface area contributed by atoms with Gasteiger partial charge in [-0.15, -0.1) is 0 Å². The number of rotatable bonds is 64. The highest BCUT2D eigenvalue weighted by Crippen LogP contribution is 2.17. The molecule has 0 amide bonds. The summed E-state index contributed by atoms with van der Waals surface area (Å²) in [7, 11) is 0. The second-order valence-electron chi connectivity index (χ2n) is 23.4. The van der Waals surface area contributed by atoms with Gasteiger partial charge in [0, 0.05) is 19.3 Å². The van der Waals surface area contributed by atoms with E-state index in [1.54, 1.807) is 0 Å². The second kappa shape index (κ2) is 68.3. The van der Waals surface area contributed by atoms with Crippen molar-refractivity contribution < 1.29 is 28.6 Å². The molecule has 0 fully saturated rings. The summed E-state index contributed by atoms with van der Waals surface area (Å²) in [6.07, 6.45) is 89.2. The highest BCUT2D eigenvalue weighted by Gasteiger charge is 2.19. The van der Waals surface area contributed by atoms with Gasteiger partial charge in [0.25, 0.3) is 0 Å². The van der Waals surface area contributed by atoms with Gasteiger partial charge in [0.2, 0.25) is 0 Å². The van der Waals surface area contributed by atoms with E-state index in [2.05, 4.69) is 93.7 Å². The van der Waals surface area contributed by atoms with Gasteiger partial charge >= 0.3 is 17.9 Å². The van der Waals surface area contributed by atoms with Crippen LogP contribution in [0.4, 0.5) is 0 Å². The van der Waals surface area contributed by atoms with Crippen LogP contribution in [0.3, 0.4) is 0 Å². The predicted octanol–water partition coefficient (Wildman–Crippen LogP) is 24.1. The quantitative estimate of drug-likeness (QED) is 0.0261. The van der Waals surface area contributed by atoms with Crippen molar-refractivity contribution in [2.45, 2.75) is 367 Å². The third-order valence-electron chi connectivity index (χ3n) is 15.4. The molecule has 0 saturated carbocycles. The molecule has 0 N–H and O–H groups in total. The lowest BCUT2D eigenvalue weighted by Crippen LogP contribution is -2.30. The van der Waals surface area contributed by atoms with Gasteiger partial charge in [-0.25, -0.2) is 0 Å². The van der Waals surface area contributed by atoms with Crippen molar-refractivity contribution in [3.05, 3.63) is 72.9 Å². The van der Waals surface area contributed by atoms with Crippen molar-refractivity contribution in [3.8, 4) is 0 Å². The molecule has 0 radical (unpaired) electrons. The molecule has 6 heteroatoms. The van der Waals surface area contributed by atoms with Crippen molar-refractivity contribution in [3.63, 3.8) is 0 Å². The van der Waals surface area contributed by atoms with Gasteiger partial charge in [-0.3, -0.25) is 14.4 Å². The minimum atomic E-state index is -0.784. The number of hydrogen-bond acceptors (Lipinski definition) is 6. The van der Waals surface area contributed by atoms with Crippen LogP contribution in [0.15, 0.2) is 72.9 Å². The minimum Gasteiger partial charge on any atom is -0.462 e. The first-order valence-corrected chi connectivity index (χ1v) is 34.9. The summed E-state index contributed by atoms with van der Waals surface area (Å²) in [5.41, 5.74) is 0. The van der Waals surface area contributed by atoms with Crippen LogP contribution in [0.2, 0.25) is 0 Å². The SMILES string of the molecule is CCCCCC/C=C\C/C=C\CCCCCCCCCC(=O)OC(COC(=O)CCCCCCC/C=C\CCCCCCCC)COC(=O)CCCCCCCCCCCCCCCC/C=C\C/C=C\C/C=C\CCCCCCC. The summed E-state index contributed by atoms with van der Waals surface area (Å²) in [6, 6.07) is 0. The molecular weight excluding hydrogens is 985 g/mol. The number of carbonyl (C=O) groups excluding carboxylic acids is 3. The van der Waals surface area contributed by atoms with Crippen LogP contribution < -0.4 is 0 Å². The number of allylic oxidation sites excluding steroid dienone is 12. The molecule has 1 atom stereocenters. The van der Waals surface area contributed by atoms with E-state index in [1.807, 2.05) is 0 Å². The molecule has 0 aromatic carbocycles. The zero-order valence-electron chi connectivity index (χ0n) is 53.3. The zero-order valence-corrected chi connectivity index (χ0v) is 53.3. The number of carbonyl (C=O) groups is 3. The summed E-state index contributed by atoms with van der Waals surface area (Å²) in [6.45, 7) is 6.64. The summed E-state index contributed by atoms with van der Waals surface area (Å²) in [4.78, 5) is 38.4. The van der Waals surface area contributed by atoms with Crippen LogP contribution in [-0.4, -0.2) is 37.2 Å². The standard InChI is InChI=1S/C74H132O6/c1-4-7-10-13-16-19-22-25-28-30-32-33-34-35-36-37-38-39-40-41-42-44-46-49-52-55-58-61-64-67-73(76)79-70-71(69-78-72(75)66-63-60-57-54-51-48-45-27-24-21-18-15-12-9-6-3)80-74(77)68-65-62-59-56-53-50-47-43-31-29-26-23-20-17-14-11-8-5-2/h20,22-23,25,27,29-32,34-35,45,71H,4-19,21,24,26,28,33,36-44,46-70H2,1-3H3/b23-20-,25-22-,31-29-,32-30-,35-34-,45-27-. The smallest absolute Gasteiger partial charge is 0.306 e. The molecule has 80 heavy (non-hydrogen) atoms. The Bertz CT molecular complexity index is 1470. The number of hydrogen-bond donors (Lipinski definition) is 0. The molecule has 0 aliphatic heterocycles. The van der Waals surface area contributed by atoms with Crippen molar-refractivity contribution >= 4 is 17.9 Å². The molecule has 0 heterocycles. The lowest BCUT2D eigenvalue weighted by Gasteiger charge is -2.18. The molecular formula is C74H132O6. The fourth-order valence-corrected chi connectivity index (χ4v) is 10.1. The first-order chi connectivity index (χ1) is 39.5. The fourth-order valence-electron chi connectivity index (χ4n) is 10.1. The van der Waals surface area contributed by atoms with Crippen molar-refractivity contribution in [1.29, 1.82) is 0 Å². The largest absolute Gasteiger partial charge is 0.462 e. The first kappa shape index (κ1) is 76.9. The monoisotopic (exact) mass is 1120 g/mol. The lowest BCUT2D eigenvalue weighted by molar-refractivity contribution is -0.167. The average molecular weight is 1120 g/mol. The molecule has 464 valence electrons. The Balaban J connectivity index is 4.27.